The van der Waals surface area contributed by atoms with Gasteiger partial charge in [-0.15, -0.1) is 0 Å². The summed E-state index contributed by atoms with van der Waals surface area (Å²) < 4.78 is 0. The third kappa shape index (κ3) is 4.40. The molecule has 0 radical (unpaired) electrons. The number of amides is 1. The zero-order valence-electron chi connectivity index (χ0n) is 17.1. The first-order valence-electron chi connectivity index (χ1n) is 10.7. The predicted molar refractivity (Wildman–Crippen MR) is 116 cm³/mol. The first-order chi connectivity index (χ1) is 14.1. The molecular formula is C23H29ClN4O. The highest BCUT2D eigenvalue weighted by molar-refractivity contribution is 6.30. The maximum absolute atomic E-state index is 13.3. The first-order valence-corrected chi connectivity index (χ1v) is 11.1. The highest BCUT2D eigenvalue weighted by Crippen LogP contribution is 2.41. The predicted octanol–water partition coefficient (Wildman–Crippen LogP) is 4.56. The minimum Gasteiger partial charge on any atom is -0.350 e. The van der Waals surface area contributed by atoms with E-state index >= 15 is 0 Å². The van der Waals surface area contributed by atoms with Gasteiger partial charge in [-0.05, 0) is 62.8 Å². The molecule has 1 amide bonds. The first kappa shape index (κ1) is 20.1. The van der Waals surface area contributed by atoms with Crippen LogP contribution in [0.1, 0.15) is 61.9 Å². The number of aromatic nitrogens is 2. The molecule has 1 aromatic carbocycles. The van der Waals surface area contributed by atoms with Gasteiger partial charge in [0.25, 0.3) is 0 Å². The zero-order chi connectivity index (χ0) is 20.3. The molecule has 29 heavy (non-hydrogen) atoms. The van der Waals surface area contributed by atoms with Crippen molar-refractivity contribution in [2.24, 2.45) is 0 Å². The molecule has 2 heterocycles. The maximum Gasteiger partial charge on any atom is 0.230 e. The summed E-state index contributed by atoms with van der Waals surface area (Å²) in [5.74, 6) is 0.885. The van der Waals surface area contributed by atoms with Crippen molar-refractivity contribution >= 4 is 23.5 Å². The Morgan fingerprint density at radius 3 is 2.45 bits per heavy atom. The molecule has 2 fully saturated rings. The molecule has 1 aromatic heterocycles. The average Bonchev–Trinajstić information content (AvgIpc) is 3.24. The maximum atomic E-state index is 13.3. The van der Waals surface area contributed by atoms with Gasteiger partial charge in [0.2, 0.25) is 11.9 Å². The van der Waals surface area contributed by atoms with Gasteiger partial charge in [0, 0.05) is 23.8 Å². The van der Waals surface area contributed by atoms with Crippen molar-refractivity contribution in [2.75, 3.05) is 18.0 Å². The number of carbonyl (C=O) groups excluding carboxylic acids is 1. The van der Waals surface area contributed by atoms with Crippen LogP contribution in [0.25, 0.3) is 0 Å². The van der Waals surface area contributed by atoms with Crippen LogP contribution in [0.3, 0.4) is 0 Å². The highest BCUT2D eigenvalue weighted by Gasteiger charge is 2.42. The fraction of sp³-hybridized carbons (Fsp3) is 0.522. The summed E-state index contributed by atoms with van der Waals surface area (Å²) in [7, 11) is 0. The van der Waals surface area contributed by atoms with Gasteiger partial charge in [-0.1, -0.05) is 36.6 Å². The summed E-state index contributed by atoms with van der Waals surface area (Å²) in [6.07, 6.45) is 7.55. The summed E-state index contributed by atoms with van der Waals surface area (Å²) in [5.41, 5.74) is 2.42. The van der Waals surface area contributed by atoms with Gasteiger partial charge in [-0.25, -0.2) is 9.97 Å². The van der Waals surface area contributed by atoms with Crippen molar-refractivity contribution in [1.29, 1.82) is 0 Å². The van der Waals surface area contributed by atoms with E-state index < -0.39 is 5.41 Å². The Labute approximate surface area is 177 Å². The topological polar surface area (TPSA) is 58.1 Å². The standard InChI is InChI=1S/C23H29ClN4O/c1-17-15-20(27-22(26-17)28-13-5-2-6-14-28)16-25-21(29)23(11-3-4-12-23)18-7-9-19(24)10-8-18/h7-10,15H,2-6,11-14,16H2,1H3,(H,25,29). The normalized spacial score (nSPS) is 18.6. The van der Waals surface area contributed by atoms with E-state index in [9.17, 15) is 4.79 Å². The minimum absolute atomic E-state index is 0.0908. The van der Waals surface area contributed by atoms with Crippen LogP contribution >= 0.6 is 11.6 Å². The van der Waals surface area contributed by atoms with E-state index in [1.54, 1.807) is 0 Å². The highest BCUT2D eigenvalue weighted by atomic mass is 35.5. The number of halogens is 1. The molecule has 154 valence electrons. The molecule has 0 unspecified atom stereocenters. The second-order valence-electron chi connectivity index (χ2n) is 8.33. The quantitative estimate of drug-likeness (QED) is 0.782. The lowest BCUT2D eigenvalue weighted by Gasteiger charge is -2.29. The molecule has 1 saturated heterocycles. The number of nitrogens with zero attached hydrogens (tertiary/aromatic N) is 3. The third-order valence-electron chi connectivity index (χ3n) is 6.25. The van der Waals surface area contributed by atoms with Crippen LogP contribution in [0.2, 0.25) is 5.02 Å². The van der Waals surface area contributed by atoms with Crippen LogP contribution < -0.4 is 10.2 Å². The van der Waals surface area contributed by atoms with Gasteiger partial charge in [-0.3, -0.25) is 4.79 Å². The molecular weight excluding hydrogens is 384 g/mol. The molecule has 2 aromatic rings. The van der Waals surface area contributed by atoms with Gasteiger partial charge >= 0.3 is 0 Å². The molecule has 0 atom stereocenters. The molecule has 1 aliphatic carbocycles. The Morgan fingerprint density at radius 2 is 1.76 bits per heavy atom. The molecule has 6 heteroatoms. The lowest BCUT2D eigenvalue weighted by Crippen LogP contribution is -2.42. The Balaban J connectivity index is 1.49. The average molecular weight is 413 g/mol. The van der Waals surface area contributed by atoms with E-state index in [1.807, 2.05) is 37.3 Å². The molecule has 0 bridgehead atoms. The second-order valence-corrected chi connectivity index (χ2v) is 8.76. The van der Waals surface area contributed by atoms with Crippen LogP contribution in [-0.4, -0.2) is 29.0 Å². The molecule has 1 N–H and O–H groups in total. The fourth-order valence-corrected chi connectivity index (χ4v) is 4.80. The Kier molecular flexibility index (Phi) is 6.04. The molecule has 2 aliphatic rings. The lowest BCUT2D eigenvalue weighted by atomic mass is 9.78. The zero-order valence-corrected chi connectivity index (χ0v) is 17.8. The Morgan fingerprint density at radius 1 is 1.07 bits per heavy atom. The van der Waals surface area contributed by atoms with E-state index in [-0.39, 0.29) is 5.91 Å². The van der Waals surface area contributed by atoms with Gasteiger partial charge in [0.15, 0.2) is 0 Å². The van der Waals surface area contributed by atoms with Crippen LogP contribution in [-0.2, 0) is 16.8 Å². The number of anilines is 1. The summed E-state index contributed by atoms with van der Waals surface area (Å²) in [6.45, 7) is 4.44. The molecule has 4 rings (SSSR count). The Bertz CT molecular complexity index is 856. The van der Waals surface area contributed by atoms with Crippen LogP contribution in [0.15, 0.2) is 30.3 Å². The van der Waals surface area contributed by atoms with E-state index in [1.165, 1.54) is 19.3 Å². The number of nitrogens with one attached hydrogen (secondary N) is 1. The molecule has 1 saturated carbocycles. The van der Waals surface area contributed by atoms with Gasteiger partial charge in [0.1, 0.15) is 0 Å². The number of aryl methyl sites for hydroxylation is 1. The number of hydrogen-bond acceptors (Lipinski definition) is 4. The molecule has 1 aliphatic heterocycles. The second kappa shape index (κ2) is 8.70. The Hall–Kier alpha value is -2.14. The lowest BCUT2D eigenvalue weighted by molar-refractivity contribution is -0.126. The van der Waals surface area contributed by atoms with E-state index in [2.05, 4.69) is 15.2 Å². The van der Waals surface area contributed by atoms with Crippen molar-refractivity contribution in [3.05, 3.63) is 52.3 Å². The summed E-state index contributed by atoms with van der Waals surface area (Å²) >= 11 is 6.06. The number of carbonyl (C=O) groups is 1. The van der Waals surface area contributed by atoms with Crippen LogP contribution in [0.4, 0.5) is 5.95 Å². The number of rotatable bonds is 5. The number of hydrogen-bond donors (Lipinski definition) is 1. The smallest absolute Gasteiger partial charge is 0.230 e. The van der Waals surface area contributed by atoms with Crippen molar-refractivity contribution in [3.63, 3.8) is 0 Å². The third-order valence-corrected chi connectivity index (χ3v) is 6.50. The fourth-order valence-electron chi connectivity index (χ4n) is 4.68. The largest absolute Gasteiger partial charge is 0.350 e. The summed E-state index contributed by atoms with van der Waals surface area (Å²) in [6, 6.07) is 9.72. The van der Waals surface area contributed by atoms with Crippen LogP contribution in [0, 0.1) is 6.92 Å². The van der Waals surface area contributed by atoms with Crippen molar-refractivity contribution < 1.29 is 4.79 Å². The van der Waals surface area contributed by atoms with Crippen molar-refractivity contribution in [1.82, 2.24) is 15.3 Å². The van der Waals surface area contributed by atoms with E-state index in [0.717, 1.165) is 61.7 Å². The minimum atomic E-state index is -0.456. The van der Waals surface area contributed by atoms with E-state index in [0.29, 0.717) is 11.6 Å². The summed E-state index contributed by atoms with van der Waals surface area (Å²) in [5, 5.41) is 3.87. The van der Waals surface area contributed by atoms with Gasteiger partial charge < -0.3 is 10.2 Å². The van der Waals surface area contributed by atoms with Gasteiger partial charge in [-0.2, -0.15) is 0 Å². The SMILES string of the molecule is Cc1cc(CNC(=O)C2(c3ccc(Cl)cc3)CCCC2)nc(N2CCCCC2)n1. The van der Waals surface area contributed by atoms with Crippen molar-refractivity contribution in [2.45, 2.75) is 63.8 Å². The molecule has 5 nitrogen and oxygen atoms in total. The summed E-state index contributed by atoms with van der Waals surface area (Å²) in [4.78, 5) is 24.9. The molecule has 0 spiro atoms. The number of benzene rings is 1. The van der Waals surface area contributed by atoms with Gasteiger partial charge in [0.05, 0.1) is 17.7 Å². The monoisotopic (exact) mass is 412 g/mol. The van der Waals surface area contributed by atoms with Crippen molar-refractivity contribution in [3.8, 4) is 0 Å². The number of piperidine rings is 1. The van der Waals surface area contributed by atoms with Crippen LogP contribution in [0.5, 0.6) is 0 Å². The van der Waals surface area contributed by atoms with E-state index in [4.69, 9.17) is 16.6 Å².